The Morgan fingerprint density at radius 2 is 1.42 bits per heavy atom. The molecule has 1 rings (SSSR count). The molecule has 7 heteroatoms. The lowest BCUT2D eigenvalue weighted by atomic mass is 10.1. The molecule has 102 valence electrons. The molecule has 0 aliphatic carbocycles. The Labute approximate surface area is 117 Å². The van der Waals surface area contributed by atoms with Crippen molar-refractivity contribution in [2.24, 2.45) is 0 Å². The monoisotopic (exact) mass is 329 g/mol. The molecule has 0 radical (unpaired) electrons. The van der Waals surface area contributed by atoms with E-state index in [0.717, 1.165) is 9.37 Å². The normalized spacial score (nSPS) is 10.4. The number of ketones is 1. The van der Waals surface area contributed by atoms with Crippen molar-refractivity contribution >= 4 is 33.7 Å². The molecule has 1 aromatic rings. The Kier molecular flexibility index (Phi) is 5.65. The van der Waals surface area contributed by atoms with Crippen LogP contribution in [0.3, 0.4) is 0 Å². The maximum atomic E-state index is 11.9. The molecular formula is C12H12BrNO5. The van der Waals surface area contributed by atoms with Crippen molar-refractivity contribution in [3.63, 3.8) is 0 Å². The number of nitrogens with zero attached hydrogens (tertiary/aromatic N) is 1. The second kappa shape index (κ2) is 7.01. The van der Waals surface area contributed by atoms with Crippen LogP contribution < -0.4 is 0 Å². The minimum atomic E-state index is -1.18. The number of aliphatic carboxylic acids is 2. The van der Waals surface area contributed by atoms with Gasteiger partial charge in [0, 0.05) is 10.0 Å². The summed E-state index contributed by atoms with van der Waals surface area (Å²) in [5.74, 6) is -2.68. The van der Waals surface area contributed by atoms with Crippen molar-refractivity contribution < 1.29 is 24.6 Å². The third-order valence-corrected chi connectivity index (χ3v) is 2.78. The molecule has 0 saturated carbocycles. The number of hydrogen-bond acceptors (Lipinski definition) is 4. The summed E-state index contributed by atoms with van der Waals surface area (Å²) in [5.41, 5.74) is 0.406. The molecule has 0 atom stereocenters. The van der Waals surface area contributed by atoms with Gasteiger partial charge in [0.15, 0.2) is 5.78 Å². The summed E-state index contributed by atoms with van der Waals surface area (Å²) in [6.07, 6.45) is 0. The number of benzene rings is 1. The summed E-state index contributed by atoms with van der Waals surface area (Å²) in [4.78, 5) is 34.2. The molecule has 0 fully saturated rings. The summed E-state index contributed by atoms with van der Waals surface area (Å²) in [7, 11) is 0. The zero-order chi connectivity index (χ0) is 14.4. The highest BCUT2D eigenvalue weighted by molar-refractivity contribution is 9.10. The van der Waals surface area contributed by atoms with Crippen LogP contribution in [-0.2, 0) is 9.59 Å². The van der Waals surface area contributed by atoms with Crippen molar-refractivity contribution in [2.45, 2.75) is 0 Å². The highest BCUT2D eigenvalue weighted by Gasteiger charge is 2.17. The number of halogens is 1. The van der Waals surface area contributed by atoms with Crippen LogP contribution in [0.1, 0.15) is 10.4 Å². The van der Waals surface area contributed by atoms with Gasteiger partial charge in [0.2, 0.25) is 0 Å². The van der Waals surface area contributed by atoms with Crippen molar-refractivity contribution in [2.75, 3.05) is 19.6 Å². The fourth-order valence-corrected chi connectivity index (χ4v) is 1.74. The fraction of sp³-hybridized carbons (Fsp3) is 0.250. The van der Waals surface area contributed by atoms with Gasteiger partial charge in [0.1, 0.15) is 0 Å². The van der Waals surface area contributed by atoms with Gasteiger partial charge in [-0.3, -0.25) is 19.3 Å². The highest BCUT2D eigenvalue weighted by atomic mass is 79.9. The number of rotatable bonds is 7. The topological polar surface area (TPSA) is 94.9 Å². The van der Waals surface area contributed by atoms with Crippen LogP contribution in [0.15, 0.2) is 28.7 Å². The molecular weight excluding hydrogens is 318 g/mol. The molecule has 0 unspecified atom stereocenters. The van der Waals surface area contributed by atoms with Crippen molar-refractivity contribution in [3.05, 3.63) is 34.3 Å². The Balaban J connectivity index is 2.72. The van der Waals surface area contributed by atoms with Crippen LogP contribution in [0.4, 0.5) is 0 Å². The summed E-state index contributed by atoms with van der Waals surface area (Å²) < 4.78 is 0.817. The molecule has 0 amide bonds. The quantitative estimate of drug-likeness (QED) is 0.727. The summed E-state index contributed by atoms with van der Waals surface area (Å²) in [5, 5.41) is 17.3. The Bertz CT molecular complexity index is 469. The SMILES string of the molecule is O=C(O)CN(CC(=O)O)CC(=O)c1ccc(Br)cc1. The number of Topliss-reactive ketones (excluding diaryl/α,β-unsaturated/α-hetero) is 1. The number of carboxylic acids is 2. The van der Waals surface area contributed by atoms with Crippen LogP contribution in [0.25, 0.3) is 0 Å². The van der Waals surface area contributed by atoms with Gasteiger partial charge in [-0.15, -0.1) is 0 Å². The first-order valence-corrected chi connectivity index (χ1v) is 6.12. The third kappa shape index (κ3) is 5.62. The van der Waals surface area contributed by atoms with Crippen LogP contribution in [0.2, 0.25) is 0 Å². The molecule has 1 aromatic carbocycles. The summed E-state index contributed by atoms with van der Waals surface area (Å²) >= 11 is 3.23. The van der Waals surface area contributed by atoms with Crippen LogP contribution >= 0.6 is 15.9 Å². The van der Waals surface area contributed by atoms with Crippen LogP contribution in [0.5, 0.6) is 0 Å². The van der Waals surface area contributed by atoms with E-state index in [1.54, 1.807) is 24.3 Å². The maximum Gasteiger partial charge on any atom is 0.317 e. The number of carbonyl (C=O) groups excluding carboxylic acids is 1. The first-order valence-electron chi connectivity index (χ1n) is 5.33. The molecule has 2 N–H and O–H groups in total. The average Bonchev–Trinajstić information content (AvgIpc) is 2.27. The lowest BCUT2D eigenvalue weighted by molar-refractivity contribution is -0.141. The standard InChI is InChI=1S/C12H12BrNO5/c13-9-3-1-8(2-4-9)10(15)5-14(6-11(16)17)7-12(18)19/h1-4H,5-7H2,(H,16,17)(H,18,19). The number of carbonyl (C=O) groups is 3. The van der Waals surface area contributed by atoms with Crippen molar-refractivity contribution in [3.8, 4) is 0 Å². The molecule has 0 spiro atoms. The number of carboxylic acid groups (broad SMARTS) is 2. The van der Waals surface area contributed by atoms with Gasteiger partial charge < -0.3 is 10.2 Å². The molecule has 0 aliphatic rings. The second-order valence-electron chi connectivity index (χ2n) is 3.86. The highest BCUT2D eigenvalue weighted by Crippen LogP contribution is 2.11. The largest absolute Gasteiger partial charge is 0.480 e. The molecule has 0 bridgehead atoms. The molecule has 6 nitrogen and oxygen atoms in total. The second-order valence-corrected chi connectivity index (χ2v) is 4.78. The van der Waals surface area contributed by atoms with E-state index < -0.39 is 25.0 Å². The van der Waals surface area contributed by atoms with Gasteiger partial charge in [-0.2, -0.15) is 0 Å². The van der Waals surface area contributed by atoms with Crippen molar-refractivity contribution in [1.29, 1.82) is 0 Å². The van der Waals surface area contributed by atoms with E-state index in [-0.39, 0.29) is 12.3 Å². The van der Waals surface area contributed by atoms with Gasteiger partial charge in [0.25, 0.3) is 0 Å². The minimum absolute atomic E-state index is 0.250. The van der Waals surface area contributed by atoms with Gasteiger partial charge in [-0.1, -0.05) is 28.1 Å². The smallest absolute Gasteiger partial charge is 0.317 e. The van der Waals surface area contributed by atoms with Gasteiger partial charge in [-0.25, -0.2) is 0 Å². The van der Waals surface area contributed by atoms with Gasteiger partial charge in [0.05, 0.1) is 19.6 Å². The van der Waals surface area contributed by atoms with Crippen LogP contribution in [-0.4, -0.2) is 52.5 Å². The molecule has 0 aromatic heterocycles. The predicted molar refractivity (Wildman–Crippen MR) is 70.2 cm³/mol. The van der Waals surface area contributed by atoms with E-state index in [2.05, 4.69) is 15.9 Å². The van der Waals surface area contributed by atoms with E-state index in [4.69, 9.17) is 10.2 Å². The van der Waals surface area contributed by atoms with E-state index in [1.165, 1.54) is 0 Å². The van der Waals surface area contributed by atoms with E-state index in [1.807, 2.05) is 0 Å². The number of hydrogen-bond donors (Lipinski definition) is 2. The van der Waals surface area contributed by atoms with Crippen LogP contribution in [0, 0.1) is 0 Å². The Hall–Kier alpha value is -1.73. The van der Waals surface area contributed by atoms with E-state index in [9.17, 15) is 14.4 Å². The van der Waals surface area contributed by atoms with E-state index >= 15 is 0 Å². The lowest BCUT2D eigenvalue weighted by Gasteiger charge is -2.16. The zero-order valence-corrected chi connectivity index (χ0v) is 11.5. The summed E-state index contributed by atoms with van der Waals surface area (Å²) in [6.45, 7) is -1.23. The zero-order valence-electron chi connectivity index (χ0n) is 9.88. The lowest BCUT2D eigenvalue weighted by Crippen LogP contribution is -2.38. The maximum absolute atomic E-state index is 11.9. The fourth-order valence-electron chi connectivity index (χ4n) is 1.48. The predicted octanol–water partition coefficient (Wildman–Crippen LogP) is 1.10. The van der Waals surface area contributed by atoms with E-state index in [0.29, 0.717) is 5.56 Å². The molecule has 0 saturated heterocycles. The first-order chi connectivity index (χ1) is 8.88. The van der Waals surface area contributed by atoms with Gasteiger partial charge in [-0.05, 0) is 12.1 Å². The van der Waals surface area contributed by atoms with Crippen molar-refractivity contribution in [1.82, 2.24) is 4.90 Å². The molecule has 0 aliphatic heterocycles. The first kappa shape index (κ1) is 15.3. The Morgan fingerprint density at radius 1 is 0.947 bits per heavy atom. The molecule has 19 heavy (non-hydrogen) atoms. The average molecular weight is 330 g/mol. The molecule has 0 heterocycles. The summed E-state index contributed by atoms with van der Waals surface area (Å²) in [6, 6.07) is 6.55. The third-order valence-electron chi connectivity index (χ3n) is 2.25. The van der Waals surface area contributed by atoms with Gasteiger partial charge >= 0.3 is 11.9 Å². The minimum Gasteiger partial charge on any atom is -0.480 e. The Morgan fingerprint density at radius 3 is 1.84 bits per heavy atom.